The van der Waals surface area contributed by atoms with Gasteiger partial charge < -0.3 is 15.4 Å². The normalized spacial score (nSPS) is 24.2. The molecular formula is C20H29N6O2+. The lowest BCUT2D eigenvalue weighted by molar-refractivity contribution is -0.931. The van der Waals surface area contributed by atoms with E-state index < -0.39 is 0 Å². The summed E-state index contributed by atoms with van der Waals surface area (Å²) in [6.07, 6.45) is 6.27. The second kappa shape index (κ2) is 8.26. The number of rotatable bonds is 6. The van der Waals surface area contributed by atoms with E-state index in [4.69, 9.17) is 10.5 Å². The van der Waals surface area contributed by atoms with Crippen LogP contribution >= 0.6 is 0 Å². The molecule has 0 radical (unpaired) electrons. The monoisotopic (exact) mass is 385 g/mol. The van der Waals surface area contributed by atoms with Crippen molar-refractivity contribution >= 4 is 5.91 Å². The van der Waals surface area contributed by atoms with Gasteiger partial charge in [-0.2, -0.15) is 0 Å². The quantitative estimate of drug-likeness (QED) is 0.761. The zero-order valence-electron chi connectivity index (χ0n) is 16.4. The van der Waals surface area contributed by atoms with Gasteiger partial charge in [-0.15, -0.1) is 5.10 Å². The number of carbonyl (C=O) groups excluding carboxylic acids is 1. The third-order valence-corrected chi connectivity index (χ3v) is 6.34. The third-order valence-electron chi connectivity index (χ3n) is 6.34. The summed E-state index contributed by atoms with van der Waals surface area (Å²) in [6, 6.07) is 8.44. The van der Waals surface area contributed by atoms with Crippen molar-refractivity contribution in [2.45, 2.75) is 50.6 Å². The van der Waals surface area contributed by atoms with Crippen LogP contribution in [0.3, 0.4) is 0 Å². The predicted octanol–water partition coefficient (Wildman–Crippen LogP) is 0.666. The number of carbonyl (C=O) groups is 1. The number of likely N-dealkylation sites (tertiary alicyclic amines) is 1. The number of primary amides is 1. The average molecular weight is 385 g/mol. The molecular weight excluding hydrogens is 356 g/mol. The summed E-state index contributed by atoms with van der Waals surface area (Å²) in [4.78, 5) is 13.0. The largest absolute Gasteiger partial charge is 0.496 e. The number of methoxy groups -OCH3 is 1. The maximum absolute atomic E-state index is 11.6. The number of hydrogen-bond donors (Lipinski definition) is 2. The van der Waals surface area contributed by atoms with Crippen molar-refractivity contribution < 1.29 is 14.4 Å². The van der Waals surface area contributed by atoms with E-state index in [-0.39, 0.29) is 17.9 Å². The number of tetrazole rings is 1. The first kappa shape index (κ1) is 18.9. The average Bonchev–Trinajstić information content (AvgIpc) is 3.41. The van der Waals surface area contributed by atoms with Crippen LogP contribution in [0.15, 0.2) is 24.3 Å². The van der Waals surface area contributed by atoms with Crippen molar-refractivity contribution in [2.75, 3.05) is 20.2 Å². The molecule has 1 aromatic carbocycles. The predicted molar refractivity (Wildman–Crippen MR) is 103 cm³/mol. The highest BCUT2D eigenvalue weighted by Gasteiger charge is 2.38. The summed E-state index contributed by atoms with van der Waals surface area (Å²) >= 11 is 0. The Morgan fingerprint density at radius 1 is 1.21 bits per heavy atom. The SMILES string of the molecule is COc1ccccc1[C@@H](c1nnnn1C1CCCC1)[NH+]1CCC(C(N)=O)CC1. The first-order chi connectivity index (χ1) is 13.7. The number of piperidine rings is 1. The molecule has 4 rings (SSSR count). The van der Waals surface area contributed by atoms with Gasteiger partial charge in [0.1, 0.15) is 5.75 Å². The number of aromatic nitrogens is 4. The van der Waals surface area contributed by atoms with Crippen molar-refractivity contribution in [1.82, 2.24) is 20.2 Å². The van der Waals surface area contributed by atoms with E-state index in [1.165, 1.54) is 17.7 Å². The summed E-state index contributed by atoms with van der Waals surface area (Å²) in [5, 5.41) is 12.9. The van der Waals surface area contributed by atoms with Crippen LogP contribution in [0.2, 0.25) is 0 Å². The van der Waals surface area contributed by atoms with Crippen LogP contribution in [0, 0.1) is 5.92 Å². The second-order valence-electron chi connectivity index (χ2n) is 7.93. The van der Waals surface area contributed by atoms with E-state index in [1.54, 1.807) is 7.11 Å². The van der Waals surface area contributed by atoms with Crippen LogP contribution in [0.5, 0.6) is 5.75 Å². The molecule has 1 saturated carbocycles. The molecule has 2 aliphatic rings. The zero-order valence-corrected chi connectivity index (χ0v) is 16.4. The standard InChI is InChI=1S/C20H28N6O2/c1-28-17-9-5-4-8-16(17)18(25-12-10-14(11-13-25)19(21)27)20-22-23-24-26(20)15-6-2-3-7-15/h4-5,8-9,14-15,18H,2-3,6-7,10-13H2,1H3,(H2,21,27)/p+1/t18-/m0/s1. The van der Waals surface area contributed by atoms with E-state index in [9.17, 15) is 4.79 Å². The van der Waals surface area contributed by atoms with Crippen LogP contribution < -0.4 is 15.4 Å². The molecule has 0 unspecified atom stereocenters. The Balaban J connectivity index is 1.71. The summed E-state index contributed by atoms with van der Waals surface area (Å²) < 4.78 is 7.71. The minimum atomic E-state index is -0.191. The highest BCUT2D eigenvalue weighted by Crippen LogP contribution is 2.33. The van der Waals surface area contributed by atoms with Gasteiger partial charge in [-0.05, 0) is 35.4 Å². The molecule has 1 aromatic heterocycles. The lowest BCUT2D eigenvalue weighted by Crippen LogP contribution is -3.13. The van der Waals surface area contributed by atoms with Gasteiger partial charge in [0, 0.05) is 18.8 Å². The summed E-state index contributed by atoms with van der Waals surface area (Å²) in [7, 11) is 1.70. The van der Waals surface area contributed by atoms with Crippen LogP contribution in [-0.2, 0) is 4.79 Å². The Labute approximate surface area is 165 Å². The van der Waals surface area contributed by atoms with Gasteiger partial charge in [0.15, 0.2) is 6.04 Å². The zero-order chi connectivity index (χ0) is 19.5. The topological polar surface area (TPSA) is 100 Å². The summed E-state index contributed by atoms with van der Waals surface area (Å²) in [5.41, 5.74) is 6.63. The lowest BCUT2D eigenvalue weighted by atomic mass is 9.93. The van der Waals surface area contributed by atoms with Crippen molar-refractivity contribution in [3.05, 3.63) is 35.7 Å². The molecule has 28 heavy (non-hydrogen) atoms. The van der Waals surface area contributed by atoms with Gasteiger partial charge in [0.05, 0.1) is 31.8 Å². The molecule has 1 amide bonds. The summed E-state index contributed by atoms with van der Waals surface area (Å²) in [5.74, 6) is 1.51. The Morgan fingerprint density at radius 3 is 2.61 bits per heavy atom. The number of ether oxygens (including phenoxy) is 1. The molecule has 3 N–H and O–H groups in total. The fourth-order valence-corrected chi connectivity index (χ4v) is 4.81. The van der Waals surface area contributed by atoms with Crippen LogP contribution in [0.4, 0.5) is 0 Å². The number of nitrogens with two attached hydrogens (primary N) is 1. The maximum Gasteiger partial charge on any atom is 0.220 e. The second-order valence-corrected chi connectivity index (χ2v) is 7.93. The first-order valence-corrected chi connectivity index (χ1v) is 10.2. The van der Waals surface area contributed by atoms with E-state index in [2.05, 4.69) is 21.6 Å². The number of benzene rings is 1. The number of nitrogens with zero attached hydrogens (tertiary/aromatic N) is 4. The van der Waals surface area contributed by atoms with Gasteiger partial charge in [0.25, 0.3) is 0 Å². The molecule has 8 nitrogen and oxygen atoms in total. The minimum absolute atomic E-state index is 0.0272. The van der Waals surface area contributed by atoms with Crippen molar-refractivity contribution in [2.24, 2.45) is 11.7 Å². The molecule has 1 aliphatic heterocycles. The fraction of sp³-hybridized carbons (Fsp3) is 0.600. The highest BCUT2D eigenvalue weighted by atomic mass is 16.5. The van der Waals surface area contributed by atoms with E-state index >= 15 is 0 Å². The molecule has 1 aliphatic carbocycles. The van der Waals surface area contributed by atoms with E-state index in [1.807, 2.05) is 22.9 Å². The first-order valence-electron chi connectivity index (χ1n) is 10.2. The van der Waals surface area contributed by atoms with Gasteiger partial charge in [-0.1, -0.05) is 25.0 Å². The molecule has 2 heterocycles. The maximum atomic E-state index is 11.6. The number of para-hydroxylation sites is 1. The van der Waals surface area contributed by atoms with Gasteiger partial charge in [-0.3, -0.25) is 4.79 Å². The van der Waals surface area contributed by atoms with Gasteiger partial charge in [-0.25, -0.2) is 4.68 Å². The Kier molecular flexibility index (Phi) is 5.57. The number of quaternary nitrogens is 1. The van der Waals surface area contributed by atoms with Crippen molar-refractivity contribution in [1.29, 1.82) is 0 Å². The Morgan fingerprint density at radius 2 is 1.93 bits per heavy atom. The number of amides is 1. The van der Waals surface area contributed by atoms with Crippen LogP contribution in [0.1, 0.15) is 62.0 Å². The molecule has 1 atom stereocenters. The molecule has 150 valence electrons. The molecule has 8 heteroatoms. The molecule has 0 spiro atoms. The lowest BCUT2D eigenvalue weighted by Gasteiger charge is -2.34. The van der Waals surface area contributed by atoms with Crippen molar-refractivity contribution in [3.8, 4) is 5.75 Å². The van der Waals surface area contributed by atoms with Crippen LogP contribution in [0.25, 0.3) is 0 Å². The smallest absolute Gasteiger partial charge is 0.220 e. The van der Waals surface area contributed by atoms with E-state index in [0.717, 1.165) is 55.9 Å². The van der Waals surface area contributed by atoms with Gasteiger partial charge >= 0.3 is 0 Å². The minimum Gasteiger partial charge on any atom is -0.496 e. The van der Waals surface area contributed by atoms with Gasteiger partial charge in [0.2, 0.25) is 11.7 Å². The third kappa shape index (κ3) is 3.61. The number of hydrogen-bond acceptors (Lipinski definition) is 5. The number of nitrogens with one attached hydrogen (secondary N) is 1. The molecule has 1 saturated heterocycles. The Bertz CT molecular complexity index is 809. The molecule has 2 aromatic rings. The Hall–Kier alpha value is -2.48. The highest BCUT2D eigenvalue weighted by molar-refractivity contribution is 5.76. The molecule has 2 fully saturated rings. The van der Waals surface area contributed by atoms with Crippen molar-refractivity contribution in [3.63, 3.8) is 0 Å². The fourth-order valence-electron chi connectivity index (χ4n) is 4.81. The summed E-state index contributed by atoms with van der Waals surface area (Å²) in [6.45, 7) is 1.71. The van der Waals surface area contributed by atoms with E-state index in [0.29, 0.717) is 6.04 Å². The molecule has 0 bridgehead atoms. The van der Waals surface area contributed by atoms with Crippen LogP contribution in [-0.4, -0.2) is 46.3 Å².